The highest BCUT2D eigenvalue weighted by Gasteiger charge is 2.06. The molecule has 4 nitrogen and oxygen atoms in total. The van der Waals surface area contributed by atoms with Gasteiger partial charge in [-0.05, 0) is 43.2 Å². The molecule has 0 heterocycles. The van der Waals surface area contributed by atoms with Crippen molar-refractivity contribution in [2.45, 2.75) is 26.7 Å². The highest BCUT2D eigenvalue weighted by atomic mass is 16.5. The lowest BCUT2D eigenvalue weighted by Crippen LogP contribution is -1.93. The predicted molar refractivity (Wildman–Crippen MR) is 88.6 cm³/mol. The Bertz CT molecular complexity index is 661. The SMILES string of the molecule is CCCc1ccc(O)c(N=Cc2cccc(OCC)c2O)c1. The first-order chi connectivity index (χ1) is 10.7. The molecule has 0 aliphatic carbocycles. The summed E-state index contributed by atoms with van der Waals surface area (Å²) < 4.78 is 5.34. The van der Waals surface area contributed by atoms with E-state index < -0.39 is 0 Å². The number of phenolic OH excluding ortho intramolecular Hbond substituents is 2. The Morgan fingerprint density at radius 2 is 1.95 bits per heavy atom. The zero-order valence-corrected chi connectivity index (χ0v) is 12.9. The summed E-state index contributed by atoms with van der Waals surface area (Å²) in [4.78, 5) is 4.29. The van der Waals surface area contributed by atoms with Gasteiger partial charge in [0.25, 0.3) is 0 Å². The Kier molecular flexibility index (Phi) is 5.42. The average Bonchev–Trinajstić information content (AvgIpc) is 2.51. The van der Waals surface area contributed by atoms with Crippen molar-refractivity contribution in [3.8, 4) is 17.2 Å². The maximum atomic E-state index is 10.1. The first kappa shape index (κ1) is 15.9. The number of para-hydroxylation sites is 1. The van der Waals surface area contributed by atoms with Crippen LogP contribution < -0.4 is 4.74 Å². The molecule has 0 aliphatic rings. The fraction of sp³-hybridized carbons (Fsp3) is 0.278. The van der Waals surface area contributed by atoms with Gasteiger partial charge in [-0.25, -0.2) is 0 Å². The molecule has 2 aromatic rings. The number of benzene rings is 2. The zero-order chi connectivity index (χ0) is 15.9. The van der Waals surface area contributed by atoms with Crippen molar-refractivity contribution < 1.29 is 14.9 Å². The van der Waals surface area contributed by atoms with Crippen molar-refractivity contribution in [2.75, 3.05) is 6.61 Å². The van der Waals surface area contributed by atoms with Gasteiger partial charge in [-0.2, -0.15) is 0 Å². The highest BCUT2D eigenvalue weighted by molar-refractivity contribution is 5.87. The van der Waals surface area contributed by atoms with E-state index >= 15 is 0 Å². The zero-order valence-electron chi connectivity index (χ0n) is 12.9. The highest BCUT2D eigenvalue weighted by Crippen LogP contribution is 2.31. The third kappa shape index (κ3) is 3.79. The minimum absolute atomic E-state index is 0.0531. The monoisotopic (exact) mass is 299 g/mol. The second kappa shape index (κ2) is 7.50. The van der Waals surface area contributed by atoms with Gasteiger partial charge < -0.3 is 14.9 Å². The lowest BCUT2D eigenvalue weighted by molar-refractivity contribution is 0.318. The third-order valence-electron chi connectivity index (χ3n) is 3.25. The van der Waals surface area contributed by atoms with Gasteiger partial charge in [0.05, 0.1) is 6.61 Å². The van der Waals surface area contributed by atoms with Crippen LogP contribution in [0.15, 0.2) is 41.4 Å². The molecule has 0 aliphatic heterocycles. The molecule has 2 rings (SSSR count). The minimum atomic E-state index is 0.0531. The number of ether oxygens (including phenoxy) is 1. The molecule has 0 bridgehead atoms. The number of hydrogen-bond acceptors (Lipinski definition) is 4. The molecule has 0 saturated heterocycles. The van der Waals surface area contributed by atoms with Gasteiger partial charge in [0.1, 0.15) is 11.4 Å². The van der Waals surface area contributed by atoms with E-state index in [1.807, 2.05) is 19.1 Å². The first-order valence-electron chi connectivity index (χ1n) is 7.46. The van der Waals surface area contributed by atoms with E-state index in [4.69, 9.17) is 4.74 Å². The van der Waals surface area contributed by atoms with Crippen LogP contribution in [0.2, 0.25) is 0 Å². The fourth-order valence-corrected chi connectivity index (χ4v) is 2.17. The summed E-state index contributed by atoms with van der Waals surface area (Å²) in [6.45, 7) is 4.44. The van der Waals surface area contributed by atoms with Crippen LogP contribution in [-0.2, 0) is 6.42 Å². The van der Waals surface area contributed by atoms with Crippen LogP contribution in [0.25, 0.3) is 0 Å². The summed E-state index contributed by atoms with van der Waals surface area (Å²) in [6.07, 6.45) is 3.50. The van der Waals surface area contributed by atoms with Crippen molar-refractivity contribution in [2.24, 2.45) is 4.99 Å². The fourth-order valence-electron chi connectivity index (χ4n) is 2.17. The van der Waals surface area contributed by atoms with Crippen molar-refractivity contribution in [1.82, 2.24) is 0 Å². The Hall–Kier alpha value is -2.49. The molecule has 2 aromatic carbocycles. The number of nitrogens with zero attached hydrogens (tertiary/aromatic N) is 1. The molecule has 0 unspecified atom stereocenters. The lowest BCUT2D eigenvalue weighted by atomic mass is 10.1. The van der Waals surface area contributed by atoms with Crippen LogP contribution in [0.4, 0.5) is 5.69 Å². The molecule has 0 aromatic heterocycles. The van der Waals surface area contributed by atoms with E-state index in [0.717, 1.165) is 18.4 Å². The minimum Gasteiger partial charge on any atom is -0.506 e. The van der Waals surface area contributed by atoms with Crippen molar-refractivity contribution in [1.29, 1.82) is 0 Å². The van der Waals surface area contributed by atoms with Gasteiger partial charge in [0, 0.05) is 11.8 Å². The van der Waals surface area contributed by atoms with Gasteiger partial charge in [0.15, 0.2) is 11.5 Å². The number of phenols is 2. The van der Waals surface area contributed by atoms with Gasteiger partial charge in [-0.1, -0.05) is 25.5 Å². The second-order valence-electron chi connectivity index (χ2n) is 4.96. The normalized spacial score (nSPS) is 11.0. The number of aromatic hydroxyl groups is 2. The molecule has 0 amide bonds. The van der Waals surface area contributed by atoms with Crippen LogP contribution in [0, 0.1) is 0 Å². The number of hydrogen-bond donors (Lipinski definition) is 2. The van der Waals surface area contributed by atoms with E-state index in [0.29, 0.717) is 23.6 Å². The topological polar surface area (TPSA) is 62.1 Å². The summed E-state index contributed by atoms with van der Waals surface area (Å²) in [7, 11) is 0. The number of aryl methyl sites for hydroxylation is 1. The van der Waals surface area contributed by atoms with Crippen molar-refractivity contribution >= 4 is 11.9 Å². The summed E-state index contributed by atoms with van der Waals surface area (Å²) in [6, 6.07) is 10.6. The Morgan fingerprint density at radius 1 is 1.14 bits per heavy atom. The summed E-state index contributed by atoms with van der Waals surface area (Å²) in [5.74, 6) is 0.601. The van der Waals surface area contributed by atoms with Crippen LogP contribution >= 0.6 is 0 Å². The average molecular weight is 299 g/mol. The smallest absolute Gasteiger partial charge is 0.166 e. The van der Waals surface area contributed by atoms with E-state index in [1.54, 1.807) is 24.3 Å². The molecule has 116 valence electrons. The second-order valence-corrected chi connectivity index (χ2v) is 4.96. The maximum absolute atomic E-state index is 10.1. The number of rotatable bonds is 6. The van der Waals surface area contributed by atoms with E-state index in [1.165, 1.54) is 6.21 Å². The molecular formula is C18H21NO3. The van der Waals surface area contributed by atoms with Gasteiger partial charge >= 0.3 is 0 Å². The number of aliphatic imine (C=N–C) groups is 1. The maximum Gasteiger partial charge on any atom is 0.166 e. The van der Waals surface area contributed by atoms with E-state index in [-0.39, 0.29) is 11.5 Å². The third-order valence-corrected chi connectivity index (χ3v) is 3.25. The summed E-state index contributed by atoms with van der Waals surface area (Å²) in [5.41, 5.74) is 2.16. The van der Waals surface area contributed by atoms with Crippen LogP contribution in [-0.4, -0.2) is 23.0 Å². The molecular weight excluding hydrogens is 278 g/mol. The Balaban J connectivity index is 2.28. The Labute approximate surface area is 130 Å². The largest absolute Gasteiger partial charge is 0.506 e. The first-order valence-corrected chi connectivity index (χ1v) is 7.46. The molecule has 22 heavy (non-hydrogen) atoms. The van der Waals surface area contributed by atoms with E-state index in [2.05, 4.69) is 11.9 Å². The van der Waals surface area contributed by atoms with Gasteiger partial charge in [0.2, 0.25) is 0 Å². The molecule has 2 N–H and O–H groups in total. The summed E-state index contributed by atoms with van der Waals surface area (Å²) >= 11 is 0. The van der Waals surface area contributed by atoms with Crippen molar-refractivity contribution in [3.63, 3.8) is 0 Å². The lowest BCUT2D eigenvalue weighted by Gasteiger charge is -2.07. The predicted octanol–water partition coefficient (Wildman–Crippen LogP) is 4.20. The van der Waals surface area contributed by atoms with Crippen LogP contribution in [0.3, 0.4) is 0 Å². The van der Waals surface area contributed by atoms with Crippen LogP contribution in [0.5, 0.6) is 17.2 Å². The standard InChI is InChI=1S/C18H21NO3/c1-3-6-13-9-10-16(20)15(11-13)19-12-14-7-5-8-17(18(14)21)22-4-2/h5,7-12,20-21H,3-4,6H2,1-2H3. The molecule has 4 heteroatoms. The molecule has 0 saturated carbocycles. The van der Waals surface area contributed by atoms with Crippen molar-refractivity contribution in [3.05, 3.63) is 47.5 Å². The molecule has 0 radical (unpaired) electrons. The van der Waals surface area contributed by atoms with E-state index in [9.17, 15) is 10.2 Å². The Morgan fingerprint density at radius 3 is 2.68 bits per heavy atom. The van der Waals surface area contributed by atoms with Gasteiger partial charge in [-0.3, -0.25) is 4.99 Å². The van der Waals surface area contributed by atoms with Gasteiger partial charge in [-0.15, -0.1) is 0 Å². The molecule has 0 atom stereocenters. The molecule has 0 spiro atoms. The summed E-state index contributed by atoms with van der Waals surface area (Å²) in [5, 5.41) is 20.0. The molecule has 0 fully saturated rings. The van der Waals surface area contributed by atoms with Crippen LogP contribution in [0.1, 0.15) is 31.4 Å². The quantitative estimate of drug-likeness (QED) is 0.786.